The Morgan fingerprint density at radius 2 is 1.88 bits per heavy atom. The summed E-state index contributed by atoms with van der Waals surface area (Å²) in [5.74, 6) is 0. The summed E-state index contributed by atoms with van der Waals surface area (Å²) in [5.41, 5.74) is 0.639. The van der Waals surface area contributed by atoms with Crippen LogP contribution in [0.15, 0.2) is 56.7 Å². The Balaban J connectivity index is 2.25. The second-order valence-electron chi connectivity index (χ2n) is 3.31. The molecule has 0 N–H and O–H groups in total. The zero-order valence-electron chi connectivity index (χ0n) is 8.65. The summed E-state index contributed by atoms with van der Waals surface area (Å²) >= 11 is 10.9. The normalized spacial score (nSPS) is 9.94. The van der Waals surface area contributed by atoms with Gasteiger partial charge in [-0.25, -0.2) is 0 Å². The lowest BCUT2D eigenvalue weighted by Gasteiger charge is -2.03. The zero-order chi connectivity index (χ0) is 12.3. The molecule has 2 rings (SSSR count). The molecule has 0 bridgehead atoms. The molecule has 1 nitrogen and oxygen atoms in total. The maximum Gasteiger partial charge on any atom is 0.100 e. The zero-order valence-corrected chi connectivity index (χ0v) is 11.8. The van der Waals surface area contributed by atoms with E-state index in [0.717, 1.165) is 19.3 Å². The third-order valence-electron chi connectivity index (χ3n) is 2.09. The fourth-order valence-corrected chi connectivity index (χ4v) is 3.11. The van der Waals surface area contributed by atoms with Crippen molar-refractivity contribution in [1.82, 2.24) is 0 Å². The third kappa shape index (κ3) is 3.26. The van der Waals surface area contributed by atoms with Gasteiger partial charge in [0.1, 0.15) is 6.07 Å². The summed E-state index contributed by atoms with van der Waals surface area (Å²) in [7, 11) is 0. The van der Waals surface area contributed by atoms with Crippen LogP contribution < -0.4 is 0 Å². The van der Waals surface area contributed by atoms with Gasteiger partial charge < -0.3 is 0 Å². The van der Waals surface area contributed by atoms with E-state index in [-0.39, 0.29) is 0 Å². The van der Waals surface area contributed by atoms with Gasteiger partial charge in [0.05, 0.1) is 5.56 Å². The Morgan fingerprint density at radius 1 is 1.12 bits per heavy atom. The highest BCUT2D eigenvalue weighted by atomic mass is 79.9. The molecule has 0 radical (unpaired) electrons. The first kappa shape index (κ1) is 12.5. The van der Waals surface area contributed by atoms with Crippen LogP contribution in [0.5, 0.6) is 0 Å². The SMILES string of the molecule is N#Cc1ccc(Sc2cccc(Cl)c2)cc1Br. The second kappa shape index (κ2) is 5.59. The lowest BCUT2D eigenvalue weighted by molar-refractivity contribution is 1.37. The van der Waals surface area contributed by atoms with Gasteiger partial charge in [0.15, 0.2) is 0 Å². The van der Waals surface area contributed by atoms with Crippen molar-refractivity contribution in [3.05, 3.63) is 57.5 Å². The molecule has 0 heterocycles. The molecule has 0 saturated carbocycles. The van der Waals surface area contributed by atoms with E-state index in [4.69, 9.17) is 16.9 Å². The molecule has 2 aromatic carbocycles. The summed E-state index contributed by atoms with van der Waals surface area (Å²) < 4.78 is 0.812. The number of nitriles is 1. The van der Waals surface area contributed by atoms with Crippen LogP contribution >= 0.6 is 39.3 Å². The molecule has 0 spiro atoms. The summed E-state index contributed by atoms with van der Waals surface area (Å²) in [6.45, 7) is 0. The van der Waals surface area contributed by atoms with Gasteiger partial charge in [-0.05, 0) is 52.3 Å². The van der Waals surface area contributed by atoms with Gasteiger partial charge >= 0.3 is 0 Å². The molecule has 2 aromatic rings. The van der Waals surface area contributed by atoms with Crippen molar-refractivity contribution in [3.8, 4) is 6.07 Å². The number of benzene rings is 2. The average Bonchev–Trinajstić information content (AvgIpc) is 2.29. The molecule has 84 valence electrons. The van der Waals surface area contributed by atoms with E-state index >= 15 is 0 Å². The van der Waals surface area contributed by atoms with E-state index < -0.39 is 0 Å². The van der Waals surface area contributed by atoms with Gasteiger partial charge in [0.2, 0.25) is 0 Å². The van der Waals surface area contributed by atoms with Crippen LogP contribution in [-0.4, -0.2) is 0 Å². The largest absolute Gasteiger partial charge is 0.192 e. The third-order valence-corrected chi connectivity index (χ3v) is 3.96. The number of halogens is 2. The fraction of sp³-hybridized carbons (Fsp3) is 0. The Kier molecular flexibility index (Phi) is 4.11. The first-order valence-electron chi connectivity index (χ1n) is 4.82. The maximum absolute atomic E-state index is 8.83. The molecule has 0 fully saturated rings. The molecule has 4 heteroatoms. The van der Waals surface area contributed by atoms with E-state index in [0.29, 0.717) is 5.56 Å². The van der Waals surface area contributed by atoms with Crippen molar-refractivity contribution < 1.29 is 0 Å². The smallest absolute Gasteiger partial charge is 0.100 e. The second-order valence-corrected chi connectivity index (χ2v) is 5.75. The Hall–Kier alpha value is -0.950. The minimum atomic E-state index is 0.639. The van der Waals surface area contributed by atoms with Crippen molar-refractivity contribution in [2.45, 2.75) is 9.79 Å². The lowest BCUT2D eigenvalue weighted by atomic mass is 10.2. The van der Waals surface area contributed by atoms with E-state index in [1.165, 1.54) is 0 Å². The van der Waals surface area contributed by atoms with Crippen molar-refractivity contribution in [2.75, 3.05) is 0 Å². The fourth-order valence-electron chi connectivity index (χ4n) is 1.32. The van der Waals surface area contributed by atoms with Gasteiger partial charge in [0.25, 0.3) is 0 Å². The highest BCUT2D eigenvalue weighted by Crippen LogP contribution is 2.31. The van der Waals surface area contributed by atoms with Gasteiger partial charge in [-0.15, -0.1) is 0 Å². The van der Waals surface area contributed by atoms with Crippen LogP contribution in [0, 0.1) is 11.3 Å². The molecule has 0 unspecified atom stereocenters. The van der Waals surface area contributed by atoms with Crippen molar-refractivity contribution in [1.29, 1.82) is 5.26 Å². The Labute approximate surface area is 118 Å². The number of nitrogens with zero attached hydrogens (tertiary/aromatic N) is 1. The molecule has 0 amide bonds. The minimum absolute atomic E-state index is 0.639. The molecular weight excluding hydrogens is 318 g/mol. The average molecular weight is 325 g/mol. The first-order chi connectivity index (χ1) is 8.19. The van der Waals surface area contributed by atoms with Crippen LogP contribution in [0.1, 0.15) is 5.56 Å². The molecule has 0 aliphatic rings. The molecule has 0 saturated heterocycles. The van der Waals surface area contributed by atoms with Gasteiger partial charge in [-0.1, -0.05) is 29.4 Å². The topological polar surface area (TPSA) is 23.8 Å². The molecule has 0 aliphatic carbocycles. The lowest BCUT2D eigenvalue weighted by Crippen LogP contribution is -1.79. The van der Waals surface area contributed by atoms with Crippen LogP contribution in [0.4, 0.5) is 0 Å². The van der Waals surface area contributed by atoms with Crippen molar-refractivity contribution in [2.24, 2.45) is 0 Å². The Bertz CT molecular complexity index is 592. The summed E-state index contributed by atoms with van der Waals surface area (Å²) in [6, 6.07) is 15.5. The van der Waals surface area contributed by atoms with E-state index in [9.17, 15) is 0 Å². The van der Waals surface area contributed by atoms with Crippen molar-refractivity contribution in [3.63, 3.8) is 0 Å². The summed E-state index contributed by atoms with van der Waals surface area (Å²) in [5, 5.41) is 9.56. The molecule has 0 aliphatic heterocycles. The van der Waals surface area contributed by atoms with Crippen molar-refractivity contribution >= 4 is 39.3 Å². The predicted molar refractivity (Wildman–Crippen MR) is 74.4 cm³/mol. The number of hydrogen-bond donors (Lipinski definition) is 0. The number of hydrogen-bond acceptors (Lipinski definition) is 2. The van der Waals surface area contributed by atoms with Gasteiger partial charge in [-0.2, -0.15) is 5.26 Å². The highest BCUT2D eigenvalue weighted by molar-refractivity contribution is 9.10. The maximum atomic E-state index is 8.83. The first-order valence-corrected chi connectivity index (χ1v) is 6.81. The summed E-state index contributed by atoms with van der Waals surface area (Å²) in [4.78, 5) is 2.15. The van der Waals surface area contributed by atoms with Crippen LogP contribution in [0.2, 0.25) is 5.02 Å². The van der Waals surface area contributed by atoms with Crippen LogP contribution in [0.25, 0.3) is 0 Å². The highest BCUT2D eigenvalue weighted by Gasteiger charge is 2.02. The molecule has 0 aromatic heterocycles. The number of rotatable bonds is 2. The van der Waals surface area contributed by atoms with Gasteiger partial charge in [-0.3, -0.25) is 0 Å². The summed E-state index contributed by atoms with van der Waals surface area (Å²) in [6.07, 6.45) is 0. The molecule has 0 atom stereocenters. The predicted octanol–water partition coefficient (Wildman–Crippen LogP) is 5.13. The monoisotopic (exact) mass is 323 g/mol. The quantitative estimate of drug-likeness (QED) is 0.765. The van der Waals surface area contributed by atoms with Crippen LogP contribution in [-0.2, 0) is 0 Å². The minimum Gasteiger partial charge on any atom is -0.192 e. The molecule has 17 heavy (non-hydrogen) atoms. The standard InChI is InChI=1S/C13H7BrClNS/c14-13-7-12(5-4-9(13)8-16)17-11-3-1-2-10(15)6-11/h1-7H. The Morgan fingerprint density at radius 3 is 2.53 bits per heavy atom. The van der Waals surface area contributed by atoms with E-state index in [1.807, 2.05) is 36.4 Å². The van der Waals surface area contributed by atoms with Gasteiger partial charge in [0, 0.05) is 19.3 Å². The van der Waals surface area contributed by atoms with Crippen LogP contribution in [0.3, 0.4) is 0 Å². The van der Waals surface area contributed by atoms with E-state index in [1.54, 1.807) is 17.8 Å². The van der Waals surface area contributed by atoms with E-state index in [2.05, 4.69) is 22.0 Å². The molecular formula is C13H7BrClNS.